The third-order valence-electron chi connectivity index (χ3n) is 5.38. The number of aromatic nitrogens is 2. The van der Waals surface area contributed by atoms with Crippen molar-refractivity contribution in [1.29, 1.82) is 0 Å². The van der Waals surface area contributed by atoms with Crippen molar-refractivity contribution in [2.75, 3.05) is 17.2 Å². The number of para-hydroxylation sites is 1. The monoisotopic (exact) mass is 376 g/mol. The first kappa shape index (κ1) is 18.7. The van der Waals surface area contributed by atoms with Crippen LogP contribution in [0.1, 0.15) is 44.1 Å². The molecule has 0 spiro atoms. The van der Waals surface area contributed by atoms with Gasteiger partial charge in [-0.05, 0) is 55.5 Å². The molecule has 1 saturated carbocycles. The molecular formula is C23H28N4O. The normalized spacial score (nSPS) is 14.9. The predicted octanol–water partition coefficient (Wildman–Crippen LogP) is 5.04. The third kappa shape index (κ3) is 4.60. The van der Waals surface area contributed by atoms with Crippen LogP contribution < -0.4 is 10.6 Å². The van der Waals surface area contributed by atoms with Gasteiger partial charge in [0.05, 0.1) is 5.52 Å². The van der Waals surface area contributed by atoms with Crippen LogP contribution in [0, 0.1) is 0 Å². The Hall–Kier alpha value is -2.66. The van der Waals surface area contributed by atoms with Gasteiger partial charge in [-0.3, -0.25) is 0 Å². The second-order valence-electron chi connectivity index (χ2n) is 7.54. The Kier molecular flexibility index (Phi) is 6.02. The molecule has 1 fully saturated rings. The van der Waals surface area contributed by atoms with Gasteiger partial charge in [0.2, 0.25) is 5.95 Å². The van der Waals surface area contributed by atoms with E-state index in [9.17, 15) is 0 Å². The van der Waals surface area contributed by atoms with Crippen molar-refractivity contribution in [2.45, 2.75) is 51.0 Å². The zero-order valence-corrected chi connectivity index (χ0v) is 16.2. The summed E-state index contributed by atoms with van der Waals surface area (Å²) in [7, 11) is 0. The zero-order chi connectivity index (χ0) is 19.2. The number of nitrogens with one attached hydrogen (secondary N) is 2. The SMILES string of the molecule is OCCCc1ccc(Nc2nc(NC3CCCCC3)c3ccccc3n2)cc1. The van der Waals surface area contributed by atoms with E-state index in [-0.39, 0.29) is 6.61 Å². The third-order valence-corrected chi connectivity index (χ3v) is 5.38. The van der Waals surface area contributed by atoms with Crippen LogP contribution in [0.4, 0.5) is 17.5 Å². The molecule has 0 radical (unpaired) electrons. The van der Waals surface area contributed by atoms with E-state index in [1.54, 1.807) is 0 Å². The number of aryl methyl sites for hydroxylation is 1. The van der Waals surface area contributed by atoms with Crippen molar-refractivity contribution in [3.63, 3.8) is 0 Å². The Balaban J connectivity index is 1.56. The maximum absolute atomic E-state index is 8.97. The topological polar surface area (TPSA) is 70.1 Å². The lowest BCUT2D eigenvalue weighted by Gasteiger charge is -2.24. The van der Waals surface area contributed by atoms with Gasteiger partial charge in [0.15, 0.2) is 0 Å². The highest BCUT2D eigenvalue weighted by Crippen LogP contribution is 2.27. The van der Waals surface area contributed by atoms with Crippen LogP contribution in [0.3, 0.4) is 0 Å². The van der Waals surface area contributed by atoms with Crippen LogP contribution in [0.2, 0.25) is 0 Å². The van der Waals surface area contributed by atoms with Crippen LogP contribution >= 0.6 is 0 Å². The number of nitrogens with zero attached hydrogens (tertiary/aromatic N) is 2. The molecule has 5 heteroatoms. The van der Waals surface area contributed by atoms with E-state index in [1.165, 1.54) is 37.7 Å². The largest absolute Gasteiger partial charge is 0.396 e. The summed E-state index contributed by atoms with van der Waals surface area (Å²) >= 11 is 0. The van der Waals surface area contributed by atoms with Crippen LogP contribution in [-0.2, 0) is 6.42 Å². The van der Waals surface area contributed by atoms with E-state index >= 15 is 0 Å². The average Bonchev–Trinajstić information content (AvgIpc) is 2.74. The zero-order valence-electron chi connectivity index (χ0n) is 16.2. The smallest absolute Gasteiger partial charge is 0.229 e. The highest BCUT2D eigenvalue weighted by Gasteiger charge is 2.16. The van der Waals surface area contributed by atoms with E-state index in [4.69, 9.17) is 15.1 Å². The molecule has 1 aliphatic rings. The molecule has 3 aromatic rings. The van der Waals surface area contributed by atoms with Gasteiger partial charge in [-0.1, -0.05) is 43.5 Å². The summed E-state index contributed by atoms with van der Waals surface area (Å²) in [5, 5.41) is 17.1. The van der Waals surface area contributed by atoms with Gasteiger partial charge in [0.1, 0.15) is 5.82 Å². The maximum Gasteiger partial charge on any atom is 0.229 e. The van der Waals surface area contributed by atoms with E-state index in [0.717, 1.165) is 35.2 Å². The lowest BCUT2D eigenvalue weighted by molar-refractivity contribution is 0.288. The van der Waals surface area contributed by atoms with Gasteiger partial charge in [-0.15, -0.1) is 0 Å². The molecule has 0 bridgehead atoms. The van der Waals surface area contributed by atoms with Crippen molar-refractivity contribution < 1.29 is 5.11 Å². The Morgan fingerprint density at radius 1 is 0.929 bits per heavy atom. The minimum Gasteiger partial charge on any atom is -0.396 e. The molecule has 1 aliphatic carbocycles. The predicted molar refractivity (Wildman–Crippen MR) is 115 cm³/mol. The summed E-state index contributed by atoms with van der Waals surface area (Å²) in [6.45, 7) is 0.224. The second kappa shape index (κ2) is 9.02. The molecule has 2 aromatic carbocycles. The number of rotatable bonds is 7. The van der Waals surface area contributed by atoms with Gasteiger partial charge in [-0.2, -0.15) is 4.98 Å². The van der Waals surface area contributed by atoms with Gasteiger partial charge >= 0.3 is 0 Å². The number of fused-ring (bicyclic) bond motifs is 1. The average molecular weight is 377 g/mol. The Morgan fingerprint density at radius 3 is 2.50 bits per heavy atom. The van der Waals surface area contributed by atoms with Crippen molar-refractivity contribution in [3.05, 3.63) is 54.1 Å². The van der Waals surface area contributed by atoms with Crippen molar-refractivity contribution >= 4 is 28.4 Å². The molecule has 1 heterocycles. The van der Waals surface area contributed by atoms with E-state index in [1.807, 2.05) is 30.3 Å². The number of aliphatic hydroxyl groups is 1. The minimum absolute atomic E-state index is 0.224. The Bertz CT molecular complexity index is 904. The summed E-state index contributed by atoms with van der Waals surface area (Å²) in [4.78, 5) is 9.50. The first-order valence-electron chi connectivity index (χ1n) is 10.3. The highest BCUT2D eigenvalue weighted by atomic mass is 16.2. The number of benzene rings is 2. The number of anilines is 3. The summed E-state index contributed by atoms with van der Waals surface area (Å²) in [5.41, 5.74) is 3.13. The fourth-order valence-corrected chi connectivity index (χ4v) is 3.85. The molecule has 0 aliphatic heterocycles. The number of hydrogen-bond acceptors (Lipinski definition) is 5. The Labute approximate surface area is 166 Å². The molecule has 5 nitrogen and oxygen atoms in total. The van der Waals surface area contributed by atoms with Gasteiger partial charge in [0, 0.05) is 23.7 Å². The van der Waals surface area contributed by atoms with Crippen LogP contribution in [-0.4, -0.2) is 27.7 Å². The summed E-state index contributed by atoms with van der Waals surface area (Å²) in [6, 6.07) is 16.9. The molecule has 28 heavy (non-hydrogen) atoms. The van der Waals surface area contributed by atoms with Crippen LogP contribution in [0.5, 0.6) is 0 Å². The van der Waals surface area contributed by atoms with Crippen LogP contribution in [0.15, 0.2) is 48.5 Å². The molecule has 1 aromatic heterocycles. The lowest BCUT2D eigenvalue weighted by Crippen LogP contribution is -2.23. The second-order valence-corrected chi connectivity index (χ2v) is 7.54. The van der Waals surface area contributed by atoms with Gasteiger partial charge in [0.25, 0.3) is 0 Å². The lowest BCUT2D eigenvalue weighted by atomic mass is 9.95. The molecular weight excluding hydrogens is 348 g/mol. The van der Waals surface area contributed by atoms with Crippen molar-refractivity contribution in [2.24, 2.45) is 0 Å². The van der Waals surface area contributed by atoms with Gasteiger partial charge < -0.3 is 15.7 Å². The molecule has 0 atom stereocenters. The molecule has 4 rings (SSSR count). The molecule has 0 saturated heterocycles. The molecule has 0 amide bonds. The van der Waals surface area contributed by atoms with E-state index in [2.05, 4.69) is 28.8 Å². The first-order chi connectivity index (χ1) is 13.8. The summed E-state index contributed by atoms with van der Waals surface area (Å²) < 4.78 is 0. The van der Waals surface area contributed by atoms with Crippen LogP contribution in [0.25, 0.3) is 10.9 Å². The molecule has 146 valence electrons. The standard InChI is InChI=1S/C23H28N4O/c28-16-6-7-17-12-14-19(15-13-17)25-23-26-21-11-5-4-10-20(21)22(27-23)24-18-8-2-1-3-9-18/h4-5,10-15,18,28H,1-3,6-9,16H2,(H2,24,25,26,27). The summed E-state index contributed by atoms with van der Waals surface area (Å²) in [6.07, 6.45) is 7.99. The first-order valence-corrected chi connectivity index (χ1v) is 10.3. The fourth-order valence-electron chi connectivity index (χ4n) is 3.85. The fraction of sp³-hybridized carbons (Fsp3) is 0.391. The van der Waals surface area contributed by atoms with Crippen molar-refractivity contribution in [1.82, 2.24) is 9.97 Å². The van der Waals surface area contributed by atoms with E-state index in [0.29, 0.717) is 12.0 Å². The minimum atomic E-state index is 0.224. The Morgan fingerprint density at radius 2 is 1.71 bits per heavy atom. The van der Waals surface area contributed by atoms with E-state index < -0.39 is 0 Å². The maximum atomic E-state index is 8.97. The van der Waals surface area contributed by atoms with Gasteiger partial charge in [-0.25, -0.2) is 4.98 Å². The number of aliphatic hydroxyl groups excluding tert-OH is 1. The molecule has 0 unspecified atom stereocenters. The summed E-state index contributed by atoms with van der Waals surface area (Å²) in [5.74, 6) is 1.53. The molecule has 3 N–H and O–H groups in total. The highest BCUT2D eigenvalue weighted by molar-refractivity contribution is 5.90. The number of hydrogen-bond donors (Lipinski definition) is 3. The van der Waals surface area contributed by atoms with Crippen molar-refractivity contribution in [3.8, 4) is 0 Å². The quantitative estimate of drug-likeness (QED) is 0.539.